The molecule has 1 aromatic carbocycles. The Bertz CT molecular complexity index is 444. The van der Waals surface area contributed by atoms with Gasteiger partial charge in [-0.2, -0.15) is 0 Å². The predicted molar refractivity (Wildman–Crippen MR) is 85.2 cm³/mol. The van der Waals surface area contributed by atoms with Crippen LogP contribution < -0.4 is 0 Å². The summed E-state index contributed by atoms with van der Waals surface area (Å²) < 4.78 is 12.6. The molecular formula is C15H22OS2. The molecular weight excluding hydrogens is 260 g/mol. The molecule has 0 aliphatic rings. The summed E-state index contributed by atoms with van der Waals surface area (Å²) in [5.74, 6) is 0.678. The molecule has 1 aromatic rings. The Balaban J connectivity index is 3.01. The Morgan fingerprint density at radius 2 is 1.83 bits per heavy atom. The summed E-state index contributed by atoms with van der Waals surface area (Å²) in [7, 11) is -0.906. The van der Waals surface area contributed by atoms with E-state index >= 15 is 0 Å². The minimum Gasteiger partial charge on any atom is -0.254 e. The first kappa shape index (κ1) is 15.5. The minimum atomic E-state index is -0.906. The van der Waals surface area contributed by atoms with Crippen molar-refractivity contribution < 1.29 is 4.21 Å². The molecule has 3 heteroatoms. The van der Waals surface area contributed by atoms with Gasteiger partial charge < -0.3 is 0 Å². The fraction of sp³-hybridized carbons (Fsp3) is 0.467. The highest BCUT2D eigenvalue weighted by molar-refractivity contribution is 8.16. The van der Waals surface area contributed by atoms with Crippen molar-refractivity contribution in [2.24, 2.45) is 5.92 Å². The van der Waals surface area contributed by atoms with Crippen LogP contribution >= 0.6 is 11.8 Å². The number of hydrogen-bond acceptors (Lipinski definition) is 2. The van der Waals surface area contributed by atoms with Gasteiger partial charge in [0.2, 0.25) is 0 Å². The van der Waals surface area contributed by atoms with Crippen molar-refractivity contribution in [2.75, 3.05) is 12.5 Å². The van der Waals surface area contributed by atoms with Crippen LogP contribution in [0.3, 0.4) is 0 Å². The molecule has 0 amide bonds. The van der Waals surface area contributed by atoms with Crippen LogP contribution in [0.15, 0.2) is 28.5 Å². The van der Waals surface area contributed by atoms with Gasteiger partial charge in [-0.05, 0) is 42.2 Å². The van der Waals surface area contributed by atoms with Crippen LogP contribution in [0.5, 0.6) is 0 Å². The van der Waals surface area contributed by atoms with E-state index in [0.717, 1.165) is 16.2 Å². The first-order chi connectivity index (χ1) is 8.45. The number of allylic oxidation sites excluding steroid dienone is 1. The van der Waals surface area contributed by atoms with E-state index in [1.807, 2.05) is 13.2 Å². The summed E-state index contributed by atoms with van der Waals surface area (Å²) in [4.78, 5) is 0. The molecule has 0 saturated carbocycles. The highest BCUT2D eigenvalue weighted by Crippen LogP contribution is 2.27. The standard InChI is InChI=1S/C15H22OS2/c1-11(2)10-13-6-8-14(9-7-13)12(3)15(17-4)18(5)16/h6-9,11H,10H2,1-5H3/b15-12+. The number of rotatable bonds is 5. The van der Waals surface area contributed by atoms with Gasteiger partial charge in [-0.15, -0.1) is 11.8 Å². The maximum Gasteiger partial charge on any atom is 0.0745 e. The first-order valence-corrected chi connectivity index (χ1v) is 8.91. The average molecular weight is 282 g/mol. The van der Waals surface area contributed by atoms with Gasteiger partial charge in [0.05, 0.1) is 15.0 Å². The van der Waals surface area contributed by atoms with Crippen LogP contribution in [0.2, 0.25) is 0 Å². The molecule has 0 bridgehead atoms. The topological polar surface area (TPSA) is 17.1 Å². The van der Waals surface area contributed by atoms with E-state index in [2.05, 4.69) is 38.1 Å². The van der Waals surface area contributed by atoms with E-state index in [9.17, 15) is 4.21 Å². The summed E-state index contributed by atoms with van der Waals surface area (Å²) in [5, 5.41) is 0. The van der Waals surface area contributed by atoms with Crippen LogP contribution in [-0.2, 0) is 17.2 Å². The van der Waals surface area contributed by atoms with Crippen molar-refractivity contribution >= 4 is 28.1 Å². The van der Waals surface area contributed by atoms with E-state index in [0.29, 0.717) is 5.92 Å². The van der Waals surface area contributed by atoms with Crippen LogP contribution in [0.25, 0.3) is 5.57 Å². The highest BCUT2D eigenvalue weighted by Gasteiger charge is 2.08. The molecule has 0 fully saturated rings. The van der Waals surface area contributed by atoms with Crippen molar-refractivity contribution in [2.45, 2.75) is 27.2 Å². The number of thioether (sulfide) groups is 1. The number of hydrogen-bond donors (Lipinski definition) is 0. The molecule has 1 unspecified atom stereocenters. The Kier molecular flexibility index (Phi) is 6.16. The van der Waals surface area contributed by atoms with E-state index in [4.69, 9.17) is 0 Å². The van der Waals surface area contributed by atoms with Crippen LogP contribution in [0.1, 0.15) is 31.9 Å². The molecule has 0 radical (unpaired) electrons. The summed E-state index contributed by atoms with van der Waals surface area (Å²) in [5.41, 5.74) is 3.66. The van der Waals surface area contributed by atoms with E-state index in [-0.39, 0.29) is 0 Å². The zero-order valence-corrected chi connectivity index (χ0v) is 13.5. The van der Waals surface area contributed by atoms with Gasteiger partial charge in [0.15, 0.2) is 0 Å². The maximum atomic E-state index is 11.6. The quantitative estimate of drug-likeness (QED) is 0.800. The van der Waals surface area contributed by atoms with Crippen LogP contribution in [0.4, 0.5) is 0 Å². The summed E-state index contributed by atoms with van der Waals surface area (Å²) in [6, 6.07) is 8.62. The van der Waals surface area contributed by atoms with Crippen molar-refractivity contribution in [3.8, 4) is 0 Å². The van der Waals surface area contributed by atoms with Gasteiger partial charge in [-0.1, -0.05) is 38.1 Å². The lowest BCUT2D eigenvalue weighted by molar-refractivity contribution is 0.647. The molecule has 1 nitrogen and oxygen atoms in total. The molecule has 0 saturated heterocycles. The second-order valence-corrected chi connectivity index (χ2v) is 7.26. The van der Waals surface area contributed by atoms with Crippen molar-refractivity contribution in [3.63, 3.8) is 0 Å². The molecule has 100 valence electrons. The average Bonchev–Trinajstić information content (AvgIpc) is 2.29. The van der Waals surface area contributed by atoms with Gasteiger partial charge in [0.25, 0.3) is 0 Å². The normalized spacial score (nSPS) is 14.6. The second-order valence-electron chi connectivity index (χ2n) is 4.87. The van der Waals surface area contributed by atoms with Crippen molar-refractivity contribution in [1.29, 1.82) is 0 Å². The number of benzene rings is 1. The highest BCUT2D eigenvalue weighted by atomic mass is 32.2. The Hall–Kier alpha value is -0.540. The van der Waals surface area contributed by atoms with E-state index in [1.165, 1.54) is 11.1 Å². The van der Waals surface area contributed by atoms with E-state index in [1.54, 1.807) is 18.0 Å². The SMILES string of the molecule is CS/C(=C(/C)c1ccc(CC(C)C)cc1)S(C)=O. The first-order valence-electron chi connectivity index (χ1n) is 6.13. The molecule has 0 heterocycles. The molecule has 18 heavy (non-hydrogen) atoms. The van der Waals surface area contributed by atoms with E-state index < -0.39 is 10.8 Å². The van der Waals surface area contributed by atoms with Gasteiger partial charge in [0.1, 0.15) is 0 Å². The smallest absolute Gasteiger partial charge is 0.0745 e. The molecule has 0 aromatic heterocycles. The lowest BCUT2D eigenvalue weighted by Gasteiger charge is -2.09. The Labute approximate surface area is 118 Å². The van der Waals surface area contributed by atoms with Gasteiger partial charge in [-0.3, -0.25) is 4.21 Å². The Morgan fingerprint density at radius 1 is 1.28 bits per heavy atom. The van der Waals surface area contributed by atoms with Crippen molar-refractivity contribution in [3.05, 3.63) is 39.6 Å². The second kappa shape index (κ2) is 7.15. The lowest BCUT2D eigenvalue weighted by Crippen LogP contribution is -1.95. The molecule has 0 N–H and O–H groups in total. The van der Waals surface area contributed by atoms with Crippen LogP contribution in [-0.4, -0.2) is 16.7 Å². The fourth-order valence-corrected chi connectivity index (χ4v) is 3.88. The van der Waals surface area contributed by atoms with Gasteiger partial charge >= 0.3 is 0 Å². The molecule has 0 aliphatic heterocycles. The zero-order chi connectivity index (χ0) is 13.7. The molecule has 1 rings (SSSR count). The summed E-state index contributed by atoms with van der Waals surface area (Å²) in [6.45, 7) is 6.50. The third kappa shape index (κ3) is 4.29. The van der Waals surface area contributed by atoms with Crippen molar-refractivity contribution in [1.82, 2.24) is 0 Å². The predicted octanol–water partition coefficient (Wildman–Crippen LogP) is 4.32. The summed E-state index contributed by atoms with van der Waals surface area (Å²) >= 11 is 1.58. The minimum absolute atomic E-state index is 0.678. The third-order valence-corrected chi connectivity index (χ3v) is 5.49. The largest absolute Gasteiger partial charge is 0.254 e. The third-order valence-electron chi connectivity index (χ3n) is 2.78. The fourth-order valence-electron chi connectivity index (χ4n) is 1.97. The molecule has 0 spiro atoms. The summed E-state index contributed by atoms with van der Waals surface area (Å²) in [6.07, 6.45) is 4.83. The molecule has 0 aliphatic carbocycles. The maximum absolute atomic E-state index is 11.6. The van der Waals surface area contributed by atoms with Gasteiger partial charge in [0, 0.05) is 6.26 Å². The van der Waals surface area contributed by atoms with Gasteiger partial charge in [-0.25, -0.2) is 0 Å². The monoisotopic (exact) mass is 282 g/mol. The molecule has 1 atom stereocenters. The zero-order valence-electron chi connectivity index (χ0n) is 11.8. The van der Waals surface area contributed by atoms with Crippen LogP contribution in [0, 0.1) is 5.92 Å². The lowest BCUT2D eigenvalue weighted by atomic mass is 10.0. The Morgan fingerprint density at radius 3 is 2.22 bits per heavy atom.